The van der Waals surface area contributed by atoms with E-state index in [1.54, 1.807) is 0 Å². The molecule has 4 nitrogen and oxygen atoms in total. The van der Waals surface area contributed by atoms with Crippen molar-refractivity contribution in [1.29, 1.82) is 0 Å². The number of hydrogen-bond acceptors (Lipinski definition) is 3. The highest BCUT2D eigenvalue weighted by Crippen LogP contribution is 2.23. The van der Waals surface area contributed by atoms with E-state index < -0.39 is 6.10 Å². The van der Waals surface area contributed by atoms with E-state index in [1.165, 1.54) is 5.56 Å². The Labute approximate surface area is 126 Å². The molecule has 0 saturated carbocycles. The molecule has 1 amide bonds. The Balaban J connectivity index is 1.88. The van der Waals surface area contributed by atoms with Crippen molar-refractivity contribution in [1.82, 2.24) is 10.6 Å². The first kappa shape index (κ1) is 16.0. The lowest BCUT2D eigenvalue weighted by Crippen LogP contribution is -2.41. The van der Waals surface area contributed by atoms with Crippen LogP contribution in [0.1, 0.15) is 50.8 Å². The molecule has 2 rings (SSSR count). The fourth-order valence-electron chi connectivity index (χ4n) is 2.55. The molecular formula is C17H26N2O2. The number of nitrogens with one attached hydrogen (secondary N) is 2. The lowest BCUT2D eigenvalue weighted by molar-refractivity contribution is -0.123. The normalized spacial score (nSPS) is 20.3. The van der Waals surface area contributed by atoms with Gasteiger partial charge in [0.2, 0.25) is 5.91 Å². The SMILES string of the molecule is CC(C)(C)c1ccc(C(O)CNC(=O)C2CCCN2)cc1. The maximum absolute atomic E-state index is 11.9. The number of aliphatic hydroxyl groups is 1. The molecule has 2 atom stereocenters. The van der Waals surface area contributed by atoms with Gasteiger partial charge in [-0.25, -0.2) is 0 Å². The summed E-state index contributed by atoms with van der Waals surface area (Å²) in [4.78, 5) is 11.9. The lowest BCUT2D eigenvalue weighted by atomic mass is 9.86. The van der Waals surface area contributed by atoms with Crippen molar-refractivity contribution in [3.63, 3.8) is 0 Å². The Hall–Kier alpha value is -1.39. The molecule has 1 saturated heterocycles. The first-order valence-corrected chi connectivity index (χ1v) is 7.67. The van der Waals surface area contributed by atoms with Crippen LogP contribution in [0.4, 0.5) is 0 Å². The third kappa shape index (κ3) is 4.29. The minimum atomic E-state index is -0.663. The molecule has 0 spiro atoms. The number of carbonyl (C=O) groups excluding carboxylic acids is 1. The molecule has 2 unspecified atom stereocenters. The Morgan fingerprint density at radius 2 is 2.05 bits per heavy atom. The van der Waals surface area contributed by atoms with Gasteiger partial charge in [-0.15, -0.1) is 0 Å². The summed E-state index contributed by atoms with van der Waals surface area (Å²) in [5, 5.41) is 16.1. The lowest BCUT2D eigenvalue weighted by Gasteiger charge is -2.20. The number of amides is 1. The summed E-state index contributed by atoms with van der Waals surface area (Å²) in [5.41, 5.74) is 2.17. The Morgan fingerprint density at radius 1 is 1.38 bits per heavy atom. The molecule has 116 valence electrons. The highest BCUT2D eigenvalue weighted by molar-refractivity contribution is 5.82. The van der Waals surface area contributed by atoms with Crippen molar-refractivity contribution in [2.75, 3.05) is 13.1 Å². The molecule has 1 fully saturated rings. The Bertz CT molecular complexity index is 471. The van der Waals surface area contributed by atoms with Gasteiger partial charge in [0.25, 0.3) is 0 Å². The van der Waals surface area contributed by atoms with Crippen molar-refractivity contribution in [3.8, 4) is 0 Å². The van der Waals surface area contributed by atoms with E-state index in [2.05, 4.69) is 31.4 Å². The van der Waals surface area contributed by atoms with Gasteiger partial charge in [-0.2, -0.15) is 0 Å². The van der Waals surface area contributed by atoms with Crippen LogP contribution in [0, 0.1) is 0 Å². The zero-order valence-electron chi connectivity index (χ0n) is 13.1. The molecule has 0 aromatic heterocycles. The second-order valence-corrected chi connectivity index (χ2v) is 6.78. The topological polar surface area (TPSA) is 61.4 Å². The molecule has 21 heavy (non-hydrogen) atoms. The van der Waals surface area contributed by atoms with E-state index >= 15 is 0 Å². The van der Waals surface area contributed by atoms with Crippen LogP contribution in [0.5, 0.6) is 0 Å². The summed E-state index contributed by atoms with van der Waals surface area (Å²) in [6, 6.07) is 7.86. The highest BCUT2D eigenvalue weighted by atomic mass is 16.3. The van der Waals surface area contributed by atoms with Gasteiger partial charge in [-0.1, -0.05) is 45.0 Å². The van der Waals surface area contributed by atoms with Crippen molar-refractivity contribution in [2.24, 2.45) is 0 Å². The minimum absolute atomic E-state index is 0.0159. The molecule has 1 aromatic carbocycles. The summed E-state index contributed by atoms with van der Waals surface area (Å²) < 4.78 is 0. The van der Waals surface area contributed by atoms with Crippen LogP contribution in [-0.2, 0) is 10.2 Å². The molecule has 1 heterocycles. The van der Waals surface area contributed by atoms with E-state index in [4.69, 9.17) is 0 Å². The summed E-state index contributed by atoms with van der Waals surface area (Å²) in [6.45, 7) is 7.63. The van der Waals surface area contributed by atoms with Crippen LogP contribution < -0.4 is 10.6 Å². The quantitative estimate of drug-likeness (QED) is 0.793. The Kier molecular flexibility index (Phi) is 5.01. The predicted molar refractivity (Wildman–Crippen MR) is 84.1 cm³/mol. The second-order valence-electron chi connectivity index (χ2n) is 6.78. The first-order valence-electron chi connectivity index (χ1n) is 7.67. The molecular weight excluding hydrogens is 264 g/mol. The van der Waals surface area contributed by atoms with E-state index in [0.717, 1.165) is 24.9 Å². The van der Waals surface area contributed by atoms with Crippen LogP contribution in [0.2, 0.25) is 0 Å². The van der Waals surface area contributed by atoms with Crippen LogP contribution >= 0.6 is 0 Å². The van der Waals surface area contributed by atoms with Crippen LogP contribution in [0.3, 0.4) is 0 Å². The van der Waals surface area contributed by atoms with Crippen molar-refractivity contribution >= 4 is 5.91 Å². The van der Waals surface area contributed by atoms with Gasteiger partial charge in [0.15, 0.2) is 0 Å². The van der Waals surface area contributed by atoms with Crippen LogP contribution in [0.25, 0.3) is 0 Å². The van der Waals surface area contributed by atoms with Gasteiger partial charge >= 0.3 is 0 Å². The summed E-state index contributed by atoms with van der Waals surface area (Å²) in [6.07, 6.45) is 1.25. The minimum Gasteiger partial charge on any atom is -0.387 e. The molecule has 3 N–H and O–H groups in total. The van der Waals surface area contributed by atoms with Crippen LogP contribution in [-0.4, -0.2) is 30.1 Å². The summed E-state index contributed by atoms with van der Waals surface area (Å²) in [7, 11) is 0. The number of carbonyl (C=O) groups is 1. The largest absolute Gasteiger partial charge is 0.387 e. The molecule has 4 heteroatoms. The average molecular weight is 290 g/mol. The first-order chi connectivity index (χ1) is 9.88. The number of benzene rings is 1. The predicted octanol–water partition coefficient (Wildman–Crippen LogP) is 1.89. The van der Waals surface area contributed by atoms with Gasteiger partial charge < -0.3 is 15.7 Å². The van der Waals surface area contributed by atoms with Gasteiger partial charge in [-0.3, -0.25) is 4.79 Å². The molecule has 0 bridgehead atoms. The van der Waals surface area contributed by atoms with Gasteiger partial charge in [-0.05, 0) is 35.9 Å². The second kappa shape index (κ2) is 6.58. The smallest absolute Gasteiger partial charge is 0.237 e. The molecule has 0 aliphatic carbocycles. The maximum atomic E-state index is 11.9. The monoisotopic (exact) mass is 290 g/mol. The van der Waals surface area contributed by atoms with Gasteiger partial charge in [0, 0.05) is 6.54 Å². The zero-order chi connectivity index (χ0) is 15.5. The van der Waals surface area contributed by atoms with Crippen LogP contribution in [0.15, 0.2) is 24.3 Å². The molecule has 0 radical (unpaired) electrons. The number of rotatable bonds is 4. The van der Waals surface area contributed by atoms with Gasteiger partial charge in [0.1, 0.15) is 0 Å². The van der Waals surface area contributed by atoms with Crippen molar-refractivity contribution in [2.45, 2.75) is 51.2 Å². The summed E-state index contributed by atoms with van der Waals surface area (Å²) in [5.74, 6) is -0.0159. The standard InChI is InChI=1S/C17H26N2O2/c1-17(2,3)13-8-6-12(7-9-13)15(20)11-19-16(21)14-5-4-10-18-14/h6-9,14-15,18,20H,4-5,10-11H2,1-3H3,(H,19,21). The van der Waals surface area contributed by atoms with E-state index in [9.17, 15) is 9.90 Å². The fourth-order valence-corrected chi connectivity index (χ4v) is 2.55. The zero-order valence-corrected chi connectivity index (χ0v) is 13.1. The average Bonchev–Trinajstić information content (AvgIpc) is 2.98. The van der Waals surface area contributed by atoms with Crippen molar-refractivity contribution < 1.29 is 9.90 Å². The third-order valence-corrected chi connectivity index (χ3v) is 4.01. The third-order valence-electron chi connectivity index (χ3n) is 4.01. The van der Waals surface area contributed by atoms with Gasteiger partial charge in [0.05, 0.1) is 12.1 Å². The van der Waals surface area contributed by atoms with E-state index in [1.807, 2.05) is 24.3 Å². The summed E-state index contributed by atoms with van der Waals surface area (Å²) >= 11 is 0. The molecule has 1 aliphatic rings. The van der Waals surface area contributed by atoms with Crippen molar-refractivity contribution in [3.05, 3.63) is 35.4 Å². The Morgan fingerprint density at radius 3 is 2.57 bits per heavy atom. The molecule has 1 aliphatic heterocycles. The number of hydrogen-bond donors (Lipinski definition) is 3. The number of aliphatic hydroxyl groups excluding tert-OH is 1. The fraction of sp³-hybridized carbons (Fsp3) is 0.588. The molecule has 1 aromatic rings. The van der Waals surface area contributed by atoms with E-state index in [-0.39, 0.29) is 23.9 Å². The highest BCUT2D eigenvalue weighted by Gasteiger charge is 2.22. The maximum Gasteiger partial charge on any atom is 0.237 e. The van der Waals surface area contributed by atoms with E-state index in [0.29, 0.717) is 0 Å².